The van der Waals surface area contributed by atoms with Gasteiger partial charge in [-0.2, -0.15) is 0 Å². The molecule has 3 heterocycles. The smallest absolute Gasteiger partial charge is 0.0825 e. The van der Waals surface area contributed by atoms with Crippen molar-refractivity contribution in [2.75, 3.05) is 19.6 Å². The van der Waals surface area contributed by atoms with Crippen molar-refractivity contribution in [1.82, 2.24) is 4.90 Å². The minimum Gasteiger partial charge on any atom is -0.388 e. The predicted molar refractivity (Wildman–Crippen MR) is 49.0 cm³/mol. The molecule has 0 spiro atoms. The van der Waals surface area contributed by atoms with Gasteiger partial charge in [0.05, 0.1) is 5.60 Å². The average Bonchev–Trinajstić information content (AvgIpc) is 2.05. The number of piperidine rings is 3. The summed E-state index contributed by atoms with van der Waals surface area (Å²) in [7, 11) is 0. The molecule has 1 unspecified atom stereocenters. The van der Waals surface area contributed by atoms with Gasteiger partial charge in [0.15, 0.2) is 0 Å². The van der Waals surface area contributed by atoms with Crippen molar-refractivity contribution in [3.05, 3.63) is 0 Å². The van der Waals surface area contributed by atoms with E-state index in [0.29, 0.717) is 11.8 Å². The fraction of sp³-hybridized carbons (Fsp3) is 1.00. The molecule has 1 atom stereocenters. The van der Waals surface area contributed by atoms with Gasteiger partial charge in [0.2, 0.25) is 0 Å². The van der Waals surface area contributed by atoms with Crippen LogP contribution in [0.25, 0.3) is 0 Å². The normalized spacial score (nSPS) is 47.0. The van der Waals surface area contributed by atoms with Gasteiger partial charge < -0.3 is 10.0 Å². The first-order valence-corrected chi connectivity index (χ1v) is 5.07. The molecular weight excluding hydrogens is 150 g/mol. The van der Waals surface area contributed by atoms with Crippen LogP contribution < -0.4 is 0 Å². The van der Waals surface area contributed by atoms with Gasteiger partial charge in [-0.25, -0.2) is 0 Å². The fourth-order valence-corrected chi connectivity index (χ4v) is 2.73. The van der Waals surface area contributed by atoms with Crippen molar-refractivity contribution in [1.29, 1.82) is 0 Å². The zero-order valence-electron chi connectivity index (χ0n) is 8.08. The van der Waals surface area contributed by atoms with E-state index < -0.39 is 0 Å². The first-order valence-electron chi connectivity index (χ1n) is 5.07. The first-order chi connectivity index (χ1) is 5.63. The van der Waals surface area contributed by atoms with Gasteiger partial charge >= 0.3 is 0 Å². The standard InChI is InChI=1S/C10H19NO/c1-8(2)10(12)7-11-5-3-9(10)4-6-11/h8-9,12H,3-7H2,1-2H3. The van der Waals surface area contributed by atoms with Crippen LogP contribution in [-0.2, 0) is 0 Å². The zero-order valence-corrected chi connectivity index (χ0v) is 8.08. The molecule has 2 bridgehead atoms. The second-order valence-electron chi connectivity index (χ2n) is 4.70. The lowest BCUT2D eigenvalue weighted by molar-refractivity contribution is -0.138. The van der Waals surface area contributed by atoms with Gasteiger partial charge in [-0.3, -0.25) is 0 Å². The fourth-order valence-electron chi connectivity index (χ4n) is 2.73. The third kappa shape index (κ3) is 1.09. The number of nitrogens with zero attached hydrogens (tertiary/aromatic N) is 1. The molecule has 0 aromatic carbocycles. The number of hydrogen-bond donors (Lipinski definition) is 1. The average molecular weight is 169 g/mol. The largest absolute Gasteiger partial charge is 0.388 e. The second kappa shape index (κ2) is 2.71. The van der Waals surface area contributed by atoms with E-state index in [0.717, 1.165) is 6.54 Å². The molecule has 3 saturated heterocycles. The highest BCUT2D eigenvalue weighted by Crippen LogP contribution is 2.39. The molecule has 2 heteroatoms. The van der Waals surface area contributed by atoms with Gasteiger partial charge in [0.25, 0.3) is 0 Å². The Hall–Kier alpha value is -0.0800. The molecule has 0 aliphatic carbocycles. The topological polar surface area (TPSA) is 23.5 Å². The van der Waals surface area contributed by atoms with Crippen LogP contribution in [0.15, 0.2) is 0 Å². The summed E-state index contributed by atoms with van der Waals surface area (Å²) in [5.41, 5.74) is -0.378. The van der Waals surface area contributed by atoms with Crippen LogP contribution in [0.3, 0.4) is 0 Å². The third-order valence-corrected chi connectivity index (χ3v) is 3.77. The molecular formula is C10H19NO. The Kier molecular flexibility index (Phi) is 1.92. The number of hydrogen-bond acceptors (Lipinski definition) is 2. The molecule has 0 amide bonds. The maximum Gasteiger partial charge on any atom is 0.0825 e. The Morgan fingerprint density at radius 3 is 2.17 bits per heavy atom. The molecule has 0 radical (unpaired) electrons. The minimum absolute atomic E-state index is 0.378. The van der Waals surface area contributed by atoms with E-state index in [9.17, 15) is 5.11 Å². The zero-order chi connectivity index (χ0) is 8.77. The van der Waals surface area contributed by atoms with Crippen molar-refractivity contribution in [3.8, 4) is 0 Å². The third-order valence-electron chi connectivity index (χ3n) is 3.77. The predicted octanol–water partition coefficient (Wildman–Crippen LogP) is 1.10. The highest BCUT2D eigenvalue weighted by atomic mass is 16.3. The maximum atomic E-state index is 10.4. The van der Waals surface area contributed by atoms with Gasteiger partial charge in [-0.1, -0.05) is 13.8 Å². The van der Waals surface area contributed by atoms with Crippen molar-refractivity contribution < 1.29 is 5.11 Å². The summed E-state index contributed by atoms with van der Waals surface area (Å²) >= 11 is 0. The highest BCUT2D eigenvalue weighted by molar-refractivity contribution is 4.99. The van der Waals surface area contributed by atoms with Crippen molar-refractivity contribution in [3.63, 3.8) is 0 Å². The molecule has 3 fully saturated rings. The maximum absolute atomic E-state index is 10.4. The lowest BCUT2D eigenvalue weighted by Gasteiger charge is -2.52. The number of aliphatic hydroxyl groups is 1. The quantitative estimate of drug-likeness (QED) is 0.635. The van der Waals surface area contributed by atoms with E-state index in [-0.39, 0.29) is 5.60 Å². The number of fused-ring (bicyclic) bond motifs is 3. The van der Waals surface area contributed by atoms with Crippen LogP contribution in [0.4, 0.5) is 0 Å². The molecule has 0 saturated carbocycles. The second-order valence-corrected chi connectivity index (χ2v) is 4.70. The van der Waals surface area contributed by atoms with E-state index in [1.165, 1.54) is 25.9 Å². The molecule has 3 rings (SSSR count). The molecule has 70 valence electrons. The number of rotatable bonds is 1. The summed E-state index contributed by atoms with van der Waals surface area (Å²) in [6.45, 7) is 7.61. The molecule has 1 N–H and O–H groups in total. The van der Waals surface area contributed by atoms with Gasteiger partial charge in [0.1, 0.15) is 0 Å². The molecule has 12 heavy (non-hydrogen) atoms. The Bertz CT molecular complexity index is 173. The van der Waals surface area contributed by atoms with E-state index in [2.05, 4.69) is 18.7 Å². The van der Waals surface area contributed by atoms with Crippen LogP contribution >= 0.6 is 0 Å². The van der Waals surface area contributed by atoms with Crippen LogP contribution in [0.1, 0.15) is 26.7 Å². The van der Waals surface area contributed by atoms with Gasteiger partial charge in [0, 0.05) is 6.54 Å². The van der Waals surface area contributed by atoms with Crippen LogP contribution in [-0.4, -0.2) is 35.2 Å². The summed E-state index contributed by atoms with van der Waals surface area (Å²) in [6.07, 6.45) is 2.41. The van der Waals surface area contributed by atoms with E-state index in [1.54, 1.807) is 0 Å². The summed E-state index contributed by atoms with van der Waals surface area (Å²) < 4.78 is 0. The van der Waals surface area contributed by atoms with Crippen LogP contribution in [0, 0.1) is 11.8 Å². The van der Waals surface area contributed by atoms with Gasteiger partial charge in [-0.05, 0) is 37.8 Å². The molecule has 3 aliphatic rings. The van der Waals surface area contributed by atoms with Crippen LogP contribution in [0.5, 0.6) is 0 Å². The molecule has 0 aromatic rings. The monoisotopic (exact) mass is 169 g/mol. The van der Waals surface area contributed by atoms with E-state index in [1.807, 2.05) is 0 Å². The molecule has 3 aliphatic heterocycles. The Balaban J connectivity index is 2.17. The Morgan fingerprint density at radius 2 is 1.92 bits per heavy atom. The summed E-state index contributed by atoms with van der Waals surface area (Å²) in [4.78, 5) is 2.40. The van der Waals surface area contributed by atoms with Gasteiger partial charge in [-0.15, -0.1) is 0 Å². The lowest BCUT2D eigenvalue weighted by Crippen LogP contribution is -2.61. The van der Waals surface area contributed by atoms with Crippen molar-refractivity contribution >= 4 is 0 Å². The highest BCUT2D eigenvalue weighted by Gasteiger charge is 2.46. The minimum atomic E-state index is -0.378. The summed E-state index contributed by atoms with van der Waals surface area (Å²) in [5, 5.41) is 10.4. The summed E-state index contributed by atoms with van der Waals surface area (Å²) in [5.74, 6) is 0.980. The first kappa shape index (κ1) is 8.52. The van der Waals surface area contributed by atoms with E-state index in [4.69, 9.17) is 0 Å². The van der Waals surface area contributed by atoms with Crippen molar-refractivity contribution in [2.24, 2.45) is 11.8 Å². The van der Waals surface area contributed by atoms with Crippen molar-refractivity contribution in [2.45, 2.75) is 32.3 Å². The van der Waals surface area contributed by atoms with E-state index >= 15 is 0 Å². The SMILES string of the molecule is CC(C)C1(O)CN2CCC1CC2. The molecule has 2 nitrogen and oxygen atoms in total. The summed E-state index contributed by atoms with van der Waals surface area (Å²) in [6, 6.07) is 0. The van der Waals surface area contributed by atoms with Crippen LogP contribution in [0.2, 0.25) is 0 Å². The lowest BCUT2D eigenvalue weighted by atomic mass is 9.70. The Morgan fingerprint density at radius 1 is 1.33 bits per heavy atom. The molecule has 0 aromatic heterocycles. The Labute approximate surface area is 74.6 Å².